The van der Waals surface area contributed by atoms with Crippen molar-refractivity contribution >= 4 is 5.82 Å². The largest absolute Gasteiger partial charge is 0.392 e. The zero-order chi connectivity index (χ0) is 13.9. The quantitative estimate of drug-likeness (QED) is 0.868. The van der Waals surface area contributed by atoms with Gasteiger partial charge < -0.3 is 15.0 Å². The van der Waals surface area contributed by atoms with Gasteiger partial charge in [-0.3, -0.25) is 4.79 Å². The molecule has 0 atom stereocenters. The Hall–Kier alpha value is -2.14. The highest BCUT2D eigenvalue weighted by molar-refractivity contribution is 5.33. The fraction of sp³-hybridized carbons (Fsp3) is 0.333. The van der Waals surface area contributed by atoms with Crippen molar-refractivity contribution in [1.29, 1.82) is 0 Å². The Morgan fingerprint density at radius 2 is 1.95 bits per heavy atom. The number of anilines is 1. The van der Waals surface area contributed by atoms with Crippen molar-refractivity contribution in [3.8, 4) is 0 Å². The first-order valence-corrected chi connectivity index (χ1v) is 6.77. The van der Waals surface area contributed by atoms with Crippen LogP contribution in [0.5, 0.6) is 0 Å². The molecule has 1 aromatic carbocycles. The lowest BCUT2D eigenvalue weighted by Crippen LogP contribution is -2.23. The maximum absolute atomic E-state index is 12.2. The van der Waals surface area contributed by atoms with Crippen molar-refractivity contribution in [3.63, 3.8) is 0 Å². The fourth-order valence-electron chi connectivity index (χ4n) is 2.13. The molecule has 1 aromatic heterocycles. The molecule has 0 spiro atoms. The van der Waals surface area contributed by atoms with Crippen LogP contribution in [-0.4, -0.2) is 14.7 Å². The number of nitrogens with zero attached hydrogens (tertiary/aromatic N) is 2. The maximum Gasteiger partial charge on any atom is 0.293 e. The lowest BCUT2D eigenvalue weighted by Gasteiger charge is -2.08. The molecule has 0 aliphatic heterocycles. The Morgan fingerprint density at radius 1 is 1.25 bits per heavy atom. The Kier molecular flexibility index (Phi) is 3.52. The molecular weight excluding hydrogens is 254 g/mol. The summed E-state index contributed by atoms with van der Waals surface area (Å²) in [6.45, 7) is 0.586. The summed E-state index contributed by atoms with van der Waals surface area (Å²) >= 11 is 0. The van der Waals surface area contributed by atoms with Crippen LogP contribution in [0.2, 0.25) is 0 Å². The van der Waals surface area contributed by atoms with Crippen LogP contribution in [0.3, 0.4) is 0 Å². The lowest BCUT2D eigenvalue weighted by atomic mass is 10.1. The van der Waals surface area contributed by atoms with Crippen LogP contribution in [0.25, 0.3) is 0 Å². The van der Waals surface area contributed by atoms with Gasteiger partial charge in [0.25, 0.3) is 5.56 Å². The second-order valence-electron chi connectivity index (χ2n) is 5.05. The van der Waals surface area contributed by atoms with Crippen LogP contribution < -0.4 is 10.9 Å². The standard InChI is InChI=1S/C15H17N3O2/c19-10-12-3-1-11(2-4-12)9-17-14-15(20)18(8-7-16-14)13-5-6-13/h1-4,7-8,13,19H,5-6,9-10H2,(H,16,17). The van der Waals surface area contributed by atoms with E-state index in [1.165, 1.54) is 0 Å². The van der Waals surface area contributed by atoms with Crippen molar-refractivity contribution in [3.05, 3.63) is 58.1 Å². The van der Waals surface area contributed by atoms with Gasteiger partial charge in [-0.05, 0) is 24.0 Å². The van der Waals surface area contributed by atoms with Crippen molar-refractivity contribution in [2.75, 3.05) is 5.32 Å². The number of hydrogen-bond donors (Lipinski definition) is 2. The topological polar surface area (TPSA) is 67.2 Å². The molecule has 20 heavy (non-hydrogen) atoms. The molecule has 3 rings (SSSR count). The molecule has 0 saturated heterocycles. The highest BCUT2D eigenvalue weighted by atomic mass is 16.3. The summed E-state index contributed by atoms with van der Waals surface area (Å²) in [5, 5.41) is 12.1. The number of aliphatic hydroxyl groups is 1. The fourth-order valence-corrected chi connectivity index (χ4v) is 2.13. The molecule has 0 amide bonds. The van der Waals surface area contributed by atoms with E-state index in [0.717, 1.165) is 24.0 Å². The summed E-state index contributed by atoms with van der Waals surface area (Å²) in [5.41, 5.74) is 1.87. The number of hydrogen-bond acceptors (Lipinski definition) is 4. The Labute approximate surface area is 116 Å². The van der Waals surface area contributed by atoms with E-state index in [2.05, 4.69) is 10.3 Å². The molecule has 1 saturated carbocycles. The summed E-state index contributed by atoms with van der Waals surface area (Å²) in [5.74, 6) is 0.394. The first kappa shape index (κ1) is 12.9. The molecule has 2 aromatic rings. The van der Waals surface area contributed by atoms with E-state index in [1.54, 1.807) is 17.0 Å². The van der Waals surface area contributed by atoms with Crippen molar-refractivity contribution in [2.45, 2.75) is 32.0 Å². The van der Waals surface area contributed by atoms with E-state index >= 15 is 0 Å². The Balaban J connectivity index is 1.71. The highest BCUT2D eigenvalue weighted by Crippen LogP contribution is 2.33. The Bertz CT molecular complexity index is 645. The van der Waals surface area contributed by atoms with Gasteiger partial charge in [-0.2, -0.15) is 0 Å². The van der Waals surface area contributed by atoms with Gasteiger partial charge in [0, 0.05) is 25.0 Å². The molecule has 1 aliphatic rings. The van der Waals surface area contributed by atoms with Crippen LogP contribution in [-0.2, 0) is 13.2 Å². The van der Waals surface area contributed by atoms with E-state index in [-0.39, 0.29) is 12.2 Å². The third kappa shape index (κ3) is 2.72. The van der Waals surface area contributed by atoms with E-state index in [0.29, 0.717) is 18.4 Å². The van der Waals surface area contributed by atoms with Gasteiger partial charge in [0.15, 0.2) is 5.82 Å². The first-order valence-electron chi connectivity index (χ1n) is 6.77. The molecule has 5 nitrogen and oxygen atoms in total. The van der Waals surface area contributed by atoms with Crippen LogP contribution in [0.15, 0.2) is 41.5 Å². The van der Waals surface area contributed by atoms with Crippen LogP contribution in [0.1, 0.15) is 30.0 Å². The summed E-state index contributed by atoms with van der Waals surface area (Å²) in [7, 11) is 0. The highest BCUT2D eigenvalue weighted by Gasteiger charge is 2.25. The number of benzene rings is 1. The smallest absolute Gasteiger partial charge is 0.293 e. The van der Waals surface area contributed by atoms with Gasteiger partial charge >= 0.3 is 0 Å². The summed E-state index contributed by atoms with van der Waals surface area (Å²) < 4.78 is 1.75. The van der Waals surface area contributed by atoms with Gasteiger partial charge in [0.1, 0.15) is 0 Å². The number of nitrogens with one attached hydrogen (secondary N) is 1. The SMILES string of the molecule is O=c1c(NCc2ccc(CO)cc2)nccn1C1CC1. The van der Waals surface area contributed by atoms with Crippen molar-refractivity contribution in [1.82, 2.24) is 9.55 Å². The molecule has 1 fully saturated rings. The molecule has 0 bridgehead atoms. The zero-order valence-corrected chi connectivity index (χ0v) is 11.1. The number of rotatable bonds is 5. The Morgan fingerprint density at radius 3 is 2.60 bits per heavy atom. The summed E-state index contributed by atoms with van der Waals surface area (Å²) in [6, 6.07) is 7.97. The van der Waals surface area contributed by atoms with E-state index in [9.17, 15) is 4.79 Å². The predicted molar refractivity (Wildman–Crippen MR) is 76.5 cm³/mol. The summed E-state index contributed by atoms with van der Waals surface area (Å²) in [6.07, 6.45) is 5.57. The molecule has 1 heterocycles. The second-order valence-corrected chi connectivity index (χ2v) is 5.05. The number of aliphatic hydroxyl groups excluding tert-OH is 1. The number of aromatic nitrogens is 2. The average molecular weight is 271 g/mol. The van der Waals surface area contributed by atoms with Crippen LogP contribution in [0, 0.1) is 0 Å². The third-order valence-electron chi connectivity index (χ3n) is 3.47. The van der Waals surface area contributed by atoms with Gasteiger partial charge in [-0.1, -0.05) is 24.3 Å². The molecular formula is C15H17N3O2. The zero-order valence-electron chi connectivity index (χ0n) is 11.1. The van der Waals surface area contributed by atoms with Crippen molar-refractivity contribution < 1.29 is 5.11 Å². The molecule has 0 radical (unpaired) electrons. The van der Waals surface area contributed by atoms with Crippen LogP contribution >= 0.6 is 0 Å². The third-order valence-corrected chi connectivity index (χ3v) is 3.47. The van der Waals surface area contributed by atoms with Gasteiger partial charge in [0.05, 0.1) is 6.61 Å². The summed E-state index contributed by atoms with van der Waals surface area (Å²) in [4.78, 5) is 16.3. The minimum Gasteiger partial charge on any atom is -0.392 e. The minimum absolute atomic E-state index is 0.0417. The van der Waals surface area contributed by atoms with Gasteiger partial charge in [0.2, 0.25) is 0 Å². The molecule has 104 valence electrons. The monoisotopic (exact) mass is 271 g/mol. The second kappa shape index (κ2) is 5.46. The van der Waals surface area contributed by atoms with Crippen LogP contribution in [0.4, 0.5) is 5.82 Å². The molecule has 0 unspecified atom stereocenters. The van der Waals surface area contributed by atoms with Gasteiger partial charge in [-0.15, -0.1) is 0 Å². The minimum atomic E-state index is -0.0537. The van der Waals surface area contributed by atoms with E-state index in [4.69, 9.17) is 5.11 Å². The van der Waals surface area contributed by atoms with E-state index in [1.807, 2.05) is 24.3 Å². The molecule has 2 N–H and O–H groups in total. The van der Waals surface area contributed by atoms with E-state index < -0.39 is 0 Å². The average Bonchev–Trinajstić information content (AvgIpc) is 3.31. The van der Waals surface area contributed by atoms with Crippen molar-refractivity contribution in [2.24, 2.45) is 0 Å². The maximum atomic E-state index is 12.2. The molecule has 5 heteroatoms. The van der Waals surface area contributed by atoms with Gasteiger partial charge in [-0.25, -0.2) is 4.98 Å². The molecule has 1 aliphatic carbocycles. The lowest BCUT2D eigenvalue weighted by molar-refractivity contribution is 0.282. The predicted octanol–water partition coefficient (Wildman–Crippen LogP) is 1.68. The first-order chi connectivity index (χ1) is 9.78. The normalized spacial score (nSPS) is 14.2.